The third-order valence-corrected chi connectivity index (χ3v) is 4.77. The van der Waals surface area contributed by atoms with Crippen LogP contribution >= 0.6 is 0 Å². The van der Waals surface area contributed by atoms with Gasteiger partial charge in [0.2, 0.25) is 17.7 Å². The Hall–Kier alpha value is -2.43. The standard InChI is InChI=1S/C22H39N3O7S/c1-14(2)13-17(11-12-33(8,30)31)25-20(28)15(3)23-21(29)18(24-16(4)26)9-10-19(27)32-22(5,6)7/h11-12,14-15,17-18H,9-10,13H2,1-8H3,(H,23,29)(H,24,26)(H,25,28)/b12-11+/t15-,17+,18-/m0/s1. The van der Waals surface area contributed by atoms with Crippen LogP contribution in [0.25, 0.3) is 0 Å². The summed E-state index contributed by atoms with van der Waals surface area (Å²) < 4.78 is 28.0. The van der Waals surface area contributed by atoms with E-state index in [0.29, 0.717) is 6.42 Å². The maximum atomic E-state index is 12.7. The molecule has 11 heteroatoms. The van der Waals surface area contributed by atoms with Gasteiger partial charge in [-0.25, -0.2) is 8.42 Å². The minimum absolute atomic E-state index is 0.00172. The predicted molar refractivity (Wildman–Crippen MR) is 126 cm³/mol. The molecule has 3 N–H and O–H groups in total. The number of carbonyl (C=O) groups is 4. The molecule has 3 atom stereocenters. The Balaban J connectivity index is 5.14. The van der Waals surface area contributed by atoms with Crippen molar-refractivity contribution in [2.45, 2.75) is 91.5 Å². The molecule has 0 aromatic rings. The first kappa shape index (κ1) is 30.6. The van der Waals surface area contributed by atoms with Gasteiger partial charge in [0, 0.05) is 31.1 Å². The van der Waals surface area contributed by atoms with Crippen molar-refractivity contribution >= 4 is 33.5 Å². The lowest BCUT2D eigenvalue weighted by atomic mass is 10.0. The van der Waals surface area contributed by atoms with E-state index < -0.39 is 57.3 Å². The minimum Gasteiger partial charge on any atom is -0.460 e. The summed E-state index contributed by atoms with van der Waals surface area (Å²) >= 11 is 0. The number of rotatable bonds is 12. The molecule has 0 heterocycles. The highest BCUT2D eigenvalue weighted by atomic mass is 32.2. The van der Waals surface area contributed by atoms with Crippen molar-refractivity contribution in [2.75, 3.05) is 6.26 Å². The van der Waals surface area contributed by atoms with Crippen LogP contribution in [-0.4, -0.2) is 62.1 Å². The average molecular weight is 490 g/mol. The number of ether oxygens (including phenoxy) is 1. The van der Waals surface area contributed by atoms with Crippen molar-refractivity contribution in [3.63, 3.8) is 0 Å². The molecule has 0 unspecified atom stereocenters. The van der Waals surface area contributed by atoms with Gasteiger partial charge in [0.25, 0.3) is 0 Å². The number of esters is 1. The van der Waals surface area contributed by atoms with Crippen LogP contribution in [0.15, 0.2) is 11.5 Å². The first-order valence-corrected chi connectivity index (χ1v) is 12.8. The summed E-state index contributed by atoms with van der Waals surface area (Å²) in [4.78, 5) is 48.7. The molecule has 0 saturated carbocycles. The number of carbonyl (C=O) groups excluding carboxylic acids is 4. The van der Waals surface area contributed by atoms with Crippen LogP contribution in [0.4, 0.5) is 0 Å². The van der Waals surface area contributed by atoms with E-state index in [1.807, 2.05) is 13.8 Å². The highest BCUT2D eigenvalue weighted by Gasteiger charge is 2.26. The van der Waals surface area contributed by atoms with E-state index in [-0.39, 0.29) is 18.8 Å². The fraction of sp³-hybridized carbons (Fsp3) is 0.727. The predicted octanol–water partition coefficient (Wildman–Crippen LogP) is 1.21. The number of sulfone groups is 1. The van der Waals surface area contributed by atoms with E-state index in [0.717, 1.165) is 11.7 Å². The summed E-state index contributed by atoms with van der Waals surface area (Å²) in [6.45, 7) is 11.7. The second kappa shape index (κ2) is 13.3. The normalized spacial score (nSPS) is 14.9. The maximum Gasteiger partial charge on any atom is 0.306 e. The van der Waals surface area contributed by atoms with E-state index in [4.69, 9.17) is 4.74 Å². The molecule has 0 fully saturated rings. The van der Waals surface area contributed by atoms with Gasteiger partial charge in [-0.2, -0.15) is 0 Å². The molecule has 10 nitrogen and oxygen atoms in total. The average Bonchev–Trinajstić information content (AvgIpc) is 2.60. The van der Waals surface area contributed by atoms with Crippen LogP contribution in [0.2, 0.25) is 0 Å². The van der Waals surface area contributed by atoms with E-state index >= 15 is 0 Å². The van der Waals surface area contributed by atoms with Gasteiger partial charge < -0.3 is 20.7 Å². The Morgan fingerprint density at radius 3 is 2.00 bits per heavy atom. The van der Waals surface area contributed by atoms with Gasteiger partial charge in [-0.3, -0.25) is 19.2 Å². The molecule has 190 valence electrons. The van der Waals surface area contributed by atoms with Gasteiger partial charge in [-0.1, -0.05) is 19.9 Å². The molecule has 0 radical (unpaired) electrons. The summed E-state index contributed by atoms with van der Waals surface area (Å²) in [5.41, 5.74) is -0.673. The Morgan fingerprint density at radius 1 is 0.970 bits per heavy atom. The molecule has 0 aliphatic heterocycles. The second-order valence-electron chi connectivity index (χ2n) is 9.51. The van der Waals surface area contributed by atoms with Crippen molar-refractivity contribution in [3.05, 3.63) is 11.5 Å². The molecule has 0 spiro atoms. The van der Waals surface area contributed by atoms with Crippen LogP contribution in [-0.2, 0) is 33.8 Å². The van der Waals surface area contributed by atoms with Crippen LogP contribution in [0.5, 0.6) is 0 Å². The summed E-state index contributed by atoms with van der Waals surface area (Å²) in [5, 5.41) is 8.76. The first-order chi connectivity index (χ1) is 14.9. The molecule has 0 rings (SSSR count). The van der Waals surface area contributed by atoms with Crippen molar-refractivity contribution in [1.82, 2.24) is 16.0 Å². The fourth-order valence-electron chi connectivity index (χ4n) is 2.79. The lowest BCUT2D eigenvalue weighted by Crippen LogP contribution is -2.53. The van der Waals surface area contributed by atoms with E-state index in [9.17, 15) is 27.6 Å². The smallest absolute Gasteiger partial charge is 0.306 e. The molecule has 33 heavy (non-hydrogen) atoms. The Bertz CT molecular complexity index is 829. The highest BCUT2D eigenvalue weighted by Crippen LogP contribution is 2.11. The van der Waals surface area contributed by atoms with E-state index in [2.05, 4.69) is 16.0 Å². The monoisotopic (exact) mass is 489 g/mol. The largest absolute Gasteiger partial charge is 0.460 e. The molecule has 3 amide bonds. The third kappa shape index (κ3) is 15.9. The number of hydrogen-bond acceptors (Lipinski definition) is 7. The molecular formula is C22H39N3O7S. The highest BCUT2D eigenvalue weighted by molar-refractivity contribution is 7.93. The molecule has 0 saturated heterocycles. The van der Waals surface area contributed by atoms with Crippen molar-refractivity contribution in [1.29, 1.82) is 0 Å². The molecule has 0 aliphatic carbocycles. The molecular weight excluding hydrogens is 450 g/mol. The lowest BCUT2D eigenvalue weighted by Gasteiger charge is -2.23. The van der Waals surface area contributed by atoms with Gasteiger partial charge in [0.05, 0.1) is 0 Å². The van der Waals surface area contributed by atoms with Gasteiger partial charge in [-0.15, -0.1) is 0 Å². The van der Waals surface area contributed by atoms with Gasteiger partial charge >= 0.3 is 5.97 Å². The van der Waals surface area contributed by atoms with Crippen LogP contribution in [0.3, 0.4) is 0 Å². The number of hydrogen-bond donors (Lipinski definition) is 3. The van der Waals surface area contributed by atoms with Crippen LogP contribution in [0.1, 0.15) is 67.7 Å². The van der Waals surface area contributed by atoms with Crippen molar-refractivity contribution in [3.8, 4) is 0 Å². The number of nitrogens with one attached hydrogen (secondary N) is 3. The van der Waals surface area contributed by atoms with Gasteiger partial charge in [-0.05, 0) is 46.5 Å². The molecule has 0 aromatic heterocycles. The SMILES string of the molecule is CC(=O)N[C@@H](CCC(=O)OC(C)(C)C)C(=O)N[C@@H](C)C(=O)N[C@H](/C=C/S(C)(=O)=O)CC(C)C. The number of amides is 3. The van der Waals surface area contributed by atoms with Gasteiger partial charge in [0.1, 0.15) is 17.7 Å². The summed E-state index contributed by atoms with van der Waals surface area (Å²) in [6, 6.07) is -2.52. The summed E-state index contributed by atoms with van der Waals surface area (Å²) in [7, 11) is -3.36. The first-order valence-electron chi connectivity index (χ1n) is 10.9. The Labute approximate surface area is 197 Å². The maximum absolute atomic E-state index is 12.7. The van der Waals surface area contributed by atoms with E-state index in [1.165, 1.54) is 19.9 Å². The summed E-state index contributed by atoms with van der Waals surface area (Å²) in [5.74, 6) is -1.92. The third-order valence-electron chi connectivity index (χ3n) is 4.11. The zero-order chi connectivity index (χ0) is 26.0. The topological polar surface area (TPSA) is 148 Å². The Kier molecular flexibility index (Phi) is 12.3. The second-order valence-corrected chi connectivity index (χ2v) is 11.4. The summed E-state index contributed by atoms with van der Waals surface area (Å²) in [6.07, 6.45) is 2.87. The van der Waals surface area contributed by atoms with Gasteiger partial charge in [0.15, 0.2) is 9.84 Å². The zero-order valence-corrected chi connectivity index (χ0v) is 21.7. The van der Waals surface area contributed by atoms with Crippen molar-refractivity contribution in [2.24, 2.45) is 5.92 Å². The minimum atomic E-state index is -3.36. The van der Waals surface area contributed by atoms with E-state index in [1.54, 1.807) is 20.8 Å². The molecule has 0 bridgehead atoms. The molecule has 0 aliphatic rings. The van der Waals surface area contributed by atoms with Crippen LogP contribution in [0, 0.1) is 5.92 Å². The fourth-order valence-corrected chi connectivity index (χ4v) is 3.26. The zero-order valence-electron chi connectivity index (χ0n) is 20.9. The molecule has 0 aromatic carbocycles. The van der Waals surface area contributed by atoms with Crippen LogP contribution < -0.4 is 16.0 Å². The quantitative estimate of drug-likeness (QED) is 0.349. The lowest BCUT2D eigenvalue weighted by molar-refractivity contribution is -0.155. The van der Waals surface area contributed by atoms with Crippen molar-refractivity contribution < 1.29 is 32.3 Å². The Morgan fingerprint density at radius 2 is 1.55 bits per heavy atom.